The second-order valence-corrected chi connectivity index (χ2v) is 8.34. The van der Waals surface area contributed by atoms with Gasteiger partial charge in [-0.1, -0.05) is 6.07 Å². The van der Waals surface area contributed by atoms with Crippen molar-refractivity contribution in [1.82, 2.24) is 9.80 Å². The van der Waals surface area contributed by atoms with E-state index in [1.165, 1.54) is 18.1 Å². The first kappa shape index (κ1) is 24.6. The Bertz CT molecular complexity index is 1110. The van der Waals surface area contributed by atoms with E-state index in [1.807, 2.05) is 0 Å². The molecule has 186 valence electrons. The molecule has 0 aromatic heterocycles. The summed E-state index contributed by atoms with van der Waals surface area (Å²) >= 11 is 0. The van der Waals surface area contributed by atoms with E-state index in [2.05, 4.69) is 4.90 Å². The lowest BCUT2D eigenvalue weighted by Crippen LogP contribution is -2.42. The molecule has 2 fully saturated rings. The monoisotopic (exact) mass is 482 g/mol. The molecule has 2 N–H and O–H groups in total. The largest absolute Gasteiger partial charge is 0.507 e. The molecular weight excluding hydrogens is 452 g/mol. The predicted octanol–water partition coefficient (Wildman–Crippen LogP) is 2.55. The predicted molar refractivity (Wildman–Crippen MR) is 129 cm³/mol. The van der Waals surface area contributed by atoms with E-state index in [0.29, 0.717) is 49.8 Å². The summed E-state index contributed by atoms with van der Waals surface area (Å²) in [6.45, 7) is 5.71. The summed E-state index contributed by atoms with van der Waals surface area (Å²) in [5.41, 5.74) is 0.948. The van der Waals surface area contributed by atoms with Crippen LogP contribution in [0.4, 0.5) is 0 Å². The minimum absolute atomic E-state index is 0.00437. The Labute approximate surface area is 204 Å². The van der Waals surface area contributed by atoms with Crippen LogP contribution in [0.25, 0.3) is 5.76 Å². The fourth-order valence-corrected chi connectivity index (χ4v) is 4.41. The number of likely N-dealkylation sites (tertiary alicyclic amines) is 1. The van der Waals surface area contributed by atoms with Crippen LogP contribution in [0.3, 0.4) is 0 Å². The van der Waals surface area contributed by atoms with Crippen molar-refractivity contribution >= 4 is 17.4 Å². The average Bonchev–Trinajstić information content (AvgIpc) is 3.14. The average molecular weight is 483 g/mol. The van der Waals surface area contributed by atoms with Crippen LogP contribution in [0.5, 0.6) is 17.2 Å². The number of methoxy groups -OCH3 is 1. The van der Waals surface area contributed by atoms with Crippen LogP contribution in [-0.2, 0) is 14.3 Å². The Morgan fingerprint density at radius 1 is 1.09 bits per heavy atom. The molecule has 0 radical (unpaired) electrons. The number of hydrogen-bond acceptors (Lipinski definition) is 8. The van der Waals surface area contributed by atoms with Gasteiger partial charge in [0.05, 0.1) is 38.5 Å². The van der Waals surface area contributed by atoms with Gasteiger partial charge >= 0.3 is 0 Å². The molecule has 35 heavy (non-hydrogen) atoms. The third-order valence-electron chi connectivity index (χ3n) is 6.26. The number of aliphatic hydroxyl groups is 1. The van der Waals surface area contributed by atoms with Crippen molar-refractivity contribution in [2.75, 3.05) is 53.1 Å². The first-order valence-corrected chi connectivity index (χ1v) is 11.6. The molecule has 0 saturated carbocycles. The lowest BCUT2D eigenvalue weighted by molar-refractivity contribution is -0.140. The molecule has 1 atom stereocenters. The zero-order chi connectivity index (χ0) is 24.9. The standard InChI is InChI=1S/C26H30N2O7/c1-3-35-21-16-18(6-9-20(21)29)23-22(24(30)17-4-7-19(33-2)8-5-17)25(31)26(32)28(23)11-10-27-12-14-34-15-13-27/h4-9,16,23,29-30H,3,10-15H2,1-2H3/t23-/m0/s1. The van der Waals surface area contributed by atoms with E-state index in [-0.39, 0.29) is 22.8 Å². The SMILES string of the molecule is CCOc1cc([C@H]2C(=C(O)c3ccc(OC)cc3)C(=O)C(=O)N2CCN2CCOCC2)ccc1O. The van der Waals surface area contributed by atoms with Crippen LogP contribution in [0.2, 0.25) is 0 Å². The fourth-order valence-electron chi connectivity index (χ4n) is 4.41. The molecular formula is C26H30N2O7. The summed E-state index contributed by atoms with van der Waals surface area (Å²) in [5.74, 6) is -0.898. The number of ketones is 1. The third-order valence-corrected chi connectivity index (χ3v) is 6.26. The fraction of sp³-hybridized carbons (Fsp3) is 0.385. The number of Topliss-reactive ketones (excluding diaryl/α,β-unsaturated/α-hetero) is 1. The van der Waals surface area contributed by atoms with E-state index in [0.717, 1.165) is 13.1 Å². The van der Waals surface area contributed by atoms with Gasteiger partial charge in [-0.15, -0.1) is 0 Å². The minimum Gasteiger partial charge on any atom is -0.507 e. The van der Waals surface area contributed by atoms with E-state index in [9.17, 15) is 19.8 Å². The highest BCUT2D eigenvalue weighted by molar-refractivity contribution is 6.46. The maximum atomic E-state index is 13.2. The van der Waals surface area contributed by atoms with Gasteiger partial charge in [0.2, 0.25) is 0 Å². The topological polar surface area (TPSA) is 109 Å². The first-order valence-electron chi connectivity index (χ1n) is 11.6. The van der Waals surface area contributed by atoms with Gasteiger partial charge in [0.25, 0.3) is 11.7 Å². The maximum absolute atomic E-state index is 13.2. The Kier molecular flexibility index (Phi) is 7.57. The zero-order valence-corrected chi connectivity index (χ0v) is 19.9. The molecule has 2 heterocycles. The van der Waals surface area contributed by atoms with Crippen LogP contribution >= 0.6 is 0 Å². The lowest BCUT2D eigenvalue weighted by atomic mass is 9.95. The number of nitrogens with zero attached hydrogens (tertiary/aromatic N) is 2. The van der Waals surface area contributed by atoms with Gasteiger partial charge in [0.1, 0.15) is 11.5 Å². The number of ether oxygens (including phenoxy) is 3. The number of carbonyl (C=O) groups excluding carboxylic acids is 2. The number of rotatable bonds is 8. The Morgan fingerprint density at radius 3 is 2.46 bits per heavy atom. The second kappa shape index (κ2) is 10.8. The van der Waals surface area contributed by atoms with Gasteiger partial charge in [-0.25, -0.2) is 0 Å². The van der Waals surface area contributed by atoms with E-state index in [1.54, 1.807) is 43.3 Å². The van der Waals surface area contributed by atoms with E-state index >= 15 is 0 Å². The molecule has 0 spiro atoms. The van der Waals surface area contributed by atoms with Gasteiger partial charge in [0, 0.05) is 31.7 Å². The van der Waals surface area contributed by atoms with Gasteiger partial charge in [-0.2, -0.15) is 0 Å². The summed E-state index contributed by atoms with van der Waals surface area (Å²) in [6.07, 6.45) is 0. The molecule has 9 heteroatoms. The Hall–Kier alpha value is -3.56. The van der Waals surface area contributed by atoms with Crippen LogP contribution in [0.15, 0.2) is 48.0 Å². The minimum atomic E-state index is -0.835. The van der Waals surface area contributed by atoms with Gasteiger partial charge in [-0.05, 0) is 48.9 Å². The van der Waals surface area contributed by atoms with Crippen molar-refractivity contribution in [3.8, 4) is 17.2 Å². The van der Waals surface area contributed by atoms with Crippen LogP contribution in [0, 0.1) is 0 Å². The van der Waals surface area contributed by atoms with Gasteiger partial charge < -0.3 is 29.3 Å². The highest BCUT2D eigenvalue weighted by atomic mass is 16.5. The van der Waals surface area contributed by atoms with Crippen LogP contribution in [0.1, 0.15) is 24.1 Å². The molecule has 9 nitrogen and oxygen atoms in total. The third kappa shape index (κ3) is 5.11. The van der Waals surface area contributed by atoms with Crippen molar-refractivity contribution in [2.45, 2.75) is 13.0 Å². The van der Waals surface area contributed by atoms with Crippen molar-refractivity contribution in [1.29, 1.82) is 0 Å². The summed E-state index contributed by atoms with van der Waals surface area (Å²) in [4.78, 5) is 30.0. The maximum Gasteiger partial charge on any atom is 0.295 e. The highest BCUT2D eigenvalue weighted by Crippen LogP contribution is 2.41. The van der Waals surface area contributed by atoms with Crippen molar-refractivity contribution in [2.24, 2.45) is 0 Å². The molecule has 2 aromatic rings. The first-order chi connectivity index (χ1) is 16.9. The molecule has 2 aliphatic rings. The molecule has 0 bridgehead atoms. The number of amides is 1. The number of hydrogen-bond donors (Lipinski definition) is 2. The number of benzene rings is 2. The number of carbonyl (C=O) groups is 2. The summed E-state index contributed by atoms with van der Waals surface area (Å²) in [7, 11) is 1.54. The van der Waals surface area contributed by atoms with Crippen LogP contribution in [-0.4, -0.2) is 84.8 Å². The summed E-state index contributed by atoms with van der Waals surface area (Å²) < 4.78 is 16.1. The number of aliphatic hydroxyl groups excluding tert-OH is 1. The van der Waals surface area contributed by atoms with Gasteiger partial charge in [-0.3, -0.25) is 14.5 Å². The molecule has 1 amide bonds. The number of phenolic OH excluding ortho intramolecular Hbond substituents is 1. The van der Waals surface area contributed by atoms with E-state index in [4.69, 9.17) is 14.2 Å². The highest BCUT2D eigenvalue weighted by Gasteiger charge is 2.46. The van der Waals surface area contributed by atoms with Gasteiger partial charge in [0.15, 0.2) is 11.5 Å². The quantitative estimate of drug-likeness (QED) is 0.336. The molecule has 2 aromatic carbocycles. The molecule has 4 rings (SSSR count). The summed E-state index contributed by atoms with van der Waals surface area (Å²) in [6, 6.07) is 10.5. The smallest absolute Gasteiger partial charge is 0.295 e. The number of phenols is 1. The molecule has 0 aliphatic carbocycles. The van der Waals surface area contributed by atoms with Crippen molar-refractivity contribution in [3.05, 3.63) is 59.2 Å². The van der Waals surface area contributed by atoms with Crippen molar-refractivity contribution < 1.29 is 34.0 Å². The number of aromatic hydroxyl groups is 1. The molecule has 2 saturated heterocycles. The second-order valence-electron chi connectivity index (χ2n) is 8.34. The Morgan fingerprint density at radius 2 is 1.80 bits per heavy atom. The molecule has 0 unspecified atom stereocenters. The number of morpholine rings is 1. The van der Waals surface area contributed by atoms with E-state index < -0.39 is 17.7 Å². The Balaban J connectivity index is 1.76. The lowest BCUT2D eigenvalue weighted by Gasteiger charge is -2.31. The molecule has 2 aliphatic heterocycles. The van der Waals surface area contributed by atoms with Crippen LogP contribution < -0.4 is 9.47 Å². The van der Waals surface area contributed by atoms with Crippen molar-refractivity contribution in [3.63, 3.8) is 0 Å². The zero-order valence-electron chi connectivity index (χ0n) is 19.9. The summed E-state index contributed by atoms with van der Waals surface area (Å²) in [5, 5.41) is 21.4. The normalized spacial score (nSPS) is 20.3.